The average molecular weight is 192 g/mol. The molecule has 13 heavy (non-hydrogen) atoms. The van der Waals surface area contributed by atoms with Crippen molar-refractivity contribution in [2.75, 3.05) is 5.75 Å². The van der Waals surface area contributed by atoms with E-state index in [1.54, 1.807) is 0 Å². The van der Waals surface area contributed by atoms with Crippen LogP contribution < -0.4 is 0 Å². The molecule has 0 aromatic heterocycles. The van der Waals surface area contributed by atoms with Crippen molar-refractivity contribution in [2.24, 2.45) is 5.92 Å². The van der Waals surface area contributed by atoms with Crippen molar-refractivity contribution in [3.05, 3.63) is 42.0 Å². The van der Waals surface area contributed by atoms with Gasteiger partial charge in [0.05, 0.1) is 0 Å². The summed E-state index contributed by atoms with van der Waals surface area (Å²) in [6.45, 7) is 4.42. The van der Waals surface area contributed by atoms with Crippen LogP contribution in [0, 0.1) is 5.92 Å². The van der Waals surface area contributed by atoms with E-state index in [0.717, 1.165) is 5.75 Å². The quantitative estimate of drug-likeness (QED) is 0.694. The first-order valence-corrected chi connectivity index (χ1v) is 5.25. The molecule has 0 aliphatic rings. The zero-order valence-corrected chi connectivity index (χ0v) is 9.09. The average Bonchev–Trinajstić information content (AvgIpc) is 2.15. The normalized spacial score (nSPS) is 12.2. The van der Waals surface area contributed by atoms with Crippen LogP contribution in [0.4, 0.5) is 0 Å². The van der Waals surface area contributed by atoms with Crippen LogP contribution in [0.15, 0.2) is 36.4 Å². The summed E-state index contributed by atoms with van der Waals surface area (Å²) in [5.74, 6) is 1.37. The molecule has 0 spiro atoms. The van der Waals surface area contributed by atoms with E-state index >= 15 is 0 Å². The highest BCUT2D eigenvalue weighted by Crippen LogP contribution is 2.22. The Kier molecular flexibility index (Phi) is 4.10. The summed E-state index contributed by atoms with van der Waals surface area (Å²) in [5.41, 5.74) is 2.70. The molecule has 1 aromatic carbocycles. The maximum absolute atomic E-state index is 4.23. The third-order valence-electron chi connectivity index (χ3n) is 2.04. The lowest BCUT2D eigenvalue weighted by molar-refractivity contribution is 0.854. The Labute approximate surface area is 86.1 Å². The summed E-state index contributed by atoms with van der Waals surface area (Å²) in [7, 11) is 0. The van der Waals surface area contributed by atoms with E-state index in [-0.39, 0.29) is 0 Å². The summed E-state index contributed by atoms with van der Waals surface area (Å²) >= 11 is 4.23. The second-order valence-electron chi connectivity index (χ2n) is 3.36. The van der Waals surface area contributed by atoms with Gasteiger partial charge in [-0.05, 0) is 17.1 Å². The van der Waals surface area contributed by atoms with Gasteiger partial charge in [0.15, 0.2) is 0 Å². The minimum atomic E-state index is 0.564. The zero-order valence-electron chi connectivity index (χ0n) is 8.20. The number of rotatable bonds is 3. The maximum atomic E-state index is 4.23. The first-order valence-electron chi connectivity index (χ1n) is 4.62. The summed E-state index contributed by atoms with van der Waals surface area (Å²) in [6.07, 6.45) is 2.18. The summed E-state index contributed by atoms with van der Waals surface area (Å²) in [4.78, 5) is 0. The molecular weight excluding hydrogens is 176 g/mol. The molecule has 0 atom stereocenters. The van der Waals surface area contributed by atoms with E-state index in [2.05, 4.69) is 56.8 Å². The lowest BCUT2D eigenvalue weighted by Crippen LogP contribution is -1.93. The Balaban J connectivity index is 2.96. The minimum Gasteiger partial charge on any atom is -0.175 e. The van der Waals surface area contributed by atoms with Crippen LogP contribution in [0.5, 0.6) is 0 Å². The van der Waals surface area contributed by atoms with E-state index in [0.29, 0.717) is 5.92 Å². The van der Waals surface area contributed by atoms with Crippen LogP contribution in [0.25, 0.3) is 5.57 Å². The molecule has 0 bridgehead atoms. The molecule has 0 aliphatic carbocycles. The molecule has 0 saturated heterocycles. The second-order valence-corrected chi connectivity index (χ2v) is 3.73. The molecule has 0 unspecified atom stereocenters. The molecule has 0 saturated carbocycles. The van der Waals surface area contributed by atoms with Gasteiger partial charge in [-0.1, -0.05) is 50.3 Å². The van der Waals surface area contributed by atoms with Gasteiger partial charge in [0.1, 0.15) is 0 Å². The van der Waals surface area contributed by atoms with Crippen LogP contribution >= 0.6 is 12.6 Å². The monoisotopic (exact) mass is 192 g/mol. The van der Waals surface area contributed by atoms with Crippen LogP contribution in [-0.4, -0.2) is 5.75 Å². The van der Waals surface area contributed by atoms with Gasteiger partial charge in [-0.3, -0.25) is 0 Å². The SMILES string of the molecule is CC(C)/C(=C/CS)c1ccccc1. The molecule has 0 fully saturated rings. The molecule has 0 radical (unpaired) electrons. The van der Waals surface area contributed by atoms with Gasteiger partial charge in [0.25, 0.3) is 0 Å². The van der Waals surface area contributed by atoms with Crippen molar-refractivity contribution in [1.82, 2.24) is 0 Å². The minimum absolute atomic E-state index is 0.564. The van der Waals surface area contributed by atoms with E-state index < -0.39 is 0 Å². The van der Waals surface area contributed by atoms with Gasteiger partial charge >= 0.3 is 0 Å². The topological polar surface area (TPSA) is 0 Å². The van der Waals surface area contributed by atoms with Crippen molar-refractivity contribution in [2.45, 2.75) is 13.8 Å². The fraction of sp³-hybridized carbons (Fsp3) is 0.333. The van der Waals surface area contributed by atoms with Gasteiger partial charge < -0.3 is 0 Å². The van der Waals surface area contributed by atoms with Crippen LogP contribution in [-0.2, 0) is 0 Å². The standard InChI is InChI=1S/C12H16S/c1-10(2)12(8-9-13)11-6-4-3-5-7-11/h3-8,10,13H,9H2,1-2H3/b12-8-. The number of benzene rings is 1. The lowest BCUT2D eigenvalue weighted by atomic mass is 9.95. The number of allylic oxidation sites excluding steroid dienone is 1. The Morgan fingerprint density at radius 3 is 2.38 bits per heavy atom. The molecule has 1 rings (SSSR count). The Bertz CT molecular complexity index is 272. The summed E-state index contributed by atoms with van der Waals surface area (Å²) < 4.78 is 0. The molecule has 0 N–H and O–H groups in total. The van der Waals surface area contributed by atoms with Gasteiger partial charge in [-0.15, -0.1) is 0 Å². The highest BCUT2D eigenvalue weighted by atomic mass is 32.1. The molecule has 0 aliphatic heterocycles. The van der Waals surface area contributed by atoms with Crippen LogP contribution in [0.1, 0.15) is 19.4 Å². The first kappa shape index (κ1) is 10.4. The van der Waals surface area contributed by atoms with Gasteiger partial charge in [0, 0.05) is 5.75 Å². The number of hydrogen-bond acceptors (Lipinski definition) is 1. The molecule has 0 heterocycles. The first-order chi connectivity index (χ1) is 6.25. The fourth-order valence-electron chi connectivity index (χ4n) is 1.42. The molecule has 0 amide bonds. The maximum Gasteiger partial charge on any atom is 0.00886 e. The second kappa shape index (κ2) is 5.13. The fourth-order valence-corrected chi connectivity index (χ4v) is 1.61. The van der Waals surface area contributed by atoms with E-state index in [1.165, 1.54) is 11.1 Å². The largest absolute Gasteiger partial charge is 0.175 e. The number of hydrogen-bond donors (Lipinski definition) is 1. The smallest absolute Gasteiger partial charge is 0.00886 e. The molecular formula is C12H16S. The van der Waals surface area contributed by atoms with Gasteiger partial charge in [-0.2, -0.15) is 12.6 Å². The van der Waals surface area contributed by atoms with E-state index in [1.807, 2.05) is 6.07 Å². The molecule has 0 nitrogen and oxygen atoms in total. The van der Waals surface area contributed by atoms with Crippen molar-refractivity contribution in [3.8, 4) is 0 Å². The Morgan fingerprint density at radius 2 is 1.92 bits per heavy atom. The lowest BCUT2D eigenvalue weighted by Gasteiger charge is -2.11. The number of thiol groups is 1. The molecule has 1 aromatic rings. The summed E-state index contributed by atoms with van der Waals surface area (Å²) in [6, 6.07) is 10.5. The Morgan fingerprint density at radius 1 is 1.31 bits per heavy atom. The highest BCUT2D eigenvalue weighted by molar-refractivity contribution is 7.80. The molecule has 70 valence electrons. The van der Waals surface area contributed by atoms with Crippen molar-refractivity contribution in [3.63, 3.8) is 0 Å². The van der Waals surface area contributed by atoms with Gasteiger partial charge in [0.2, 0.25) is 0 Å². The molecule has 1 heteroatoms. The van der Waals surface area contributed by atoms with Crippen molar-refractivity contribution >= 4 is 18.2 Å². The third-order valence-corrected chi connectivity index (χ3v) is 2.22. The predicted octanol–water partition coefficient (Wildman–Crippen LogP) is 3.66. The predicted molar refractivity (Wildman–Crippen MR) is 63.1 cm³/mol. The van der Waals surface area contributed by atoms with Crippen molar-refractivity contribution < 1.29 is 0 Å². The van der Waals surface area contributed by atoms with Gasteiger partial charge in [-0.25, -0.2) is 0 Å². The van der Waals surface area contributed by atoms with E-state index in [4.69, 9.17) is 0 Å². The Hall–Kier alpha value is -0.690. The summed E-state index contributed by atoms with van der Waals surface area (Å²) in [5, 5.41) is 0. The van der Waals surface area contributed by atoms with Crippen LogP contribution in [0.3, 0.4) is 0 Å². The third kappa shape index (κ3) is 2.92. The van der Waals surface area contributed by atoms with Crippen molar-refractivity contribution in [1.29, 1.82) is 0 Å². The van der Waals surface area contributed by atoms with Crippen LogP contribution in [0.2, 0.25) is 0 Å². The highest BCUT2D eigenvalue weighted by Gasteiger charge is 2.04. The van der Waals surface area contributed by atoms with E-state index in [9.17, 15) is 0 Å². The zero-order chi connectivity index (χ0) is 9.68.